The summed E-state index contributed by atoms with van der Waals surface area (Å²) in [6.45, 7) is 14.1. The van der Waals surface area contributed by atoms with Gasteiger partial charge in [-0.2, -0.15) is 13.2 Å². The lowest BCUT2D eigenvalue weighted by Gasteiger charge is -2.29. The first-order valence-electron chi connectivity index (χ1n) is 5.48. The fraction of sp³-hybridized carbons (Fsp3) is 0.909. The van der Waals surface area contributed by atoms with Gasteiger partial charge in [-0.15, -0.1) is 0 Å². The SMILES string of the molecule is CC(C)P(C(C)C)C(C)C.O=C(O)C(F)(F)F. The van der Waals surface area contributed by atoms with Crippen molar-refractivity contribution in [1.82, 2.24) is 0 Å². The predicted molar refractivity (Wildman–Crippen MR) is 66.0 cm³/mol. The Labute approximate surface area is 102 Å². The molecule has 0 aromatic rings. The van der Waals surface area contributed by atoms with Crippen molar-refractivity contribution in [3.8, 4) is 0 Å². The molecule has 1 N–H and O–H groups in total. The van der Waals surface area contributed by atoms with Crippen molar-refractivity contribution >= 4 is 13.9 Å². The van der Waals surface area contributed by atoms with Crippen LogP contribution in [0.15, 0.2) is 0 Å². The highest BCUT2D eigenvalue weighted by Gasteiger charge is 2.38. The second-order valence-electron chi connectivity index (χ2n) is 4.53. The molecule has 6 heteroatoms. The van der Waals surface area contributed by atoms with Gasteiger partial charge >= 0.3 is 12.1 Å². The van der Waals surface area contributed by atoms with Crippen LogP contribution in [-0.4, -0.2) is 34.2 Å². The molecule has 0 fully saturated rings. The van der Waals surface area contributed by atoms with Crippen LogP contribution < -0.4 is 0 Å². The summed E-state index contributed by atoms with van der Waals surface area (Å²) in [5, 5.41) is 7.12. The van der Waals surface area contributed by atoms with Crippen molar-refractivity contribution < 1.29 is 23.1 Å². The van der Waals surface area contributed by atoms with Crippen LogP contribution in [0.25, 0.3) is 0 Å². The predicted octanol–water partition coefficient (Wildman–Crippen LogP) is 4.33. The summed E-state index contributed by atoms with van der Waals surface area (Å²) in [5.41, 5.74) is 2.69. The highest BCUT2D eigenvalue weighted by atomic mass is 31.1. The van der Waals surface area contributed by atoms with E-state index in [2.05, 4.69) is 41.5 Å². The van der Waals surface area contributed by atoms with E-state index in [0.29, 0.717) is 0 Å². The number of halogens is 3. The third kappa shape index (κ3) is 9.40. The number of hydrogen-bond donors (Lipinski definition) is 1. The Balaban J connectivity index is 0. The molecule has 0 aromatic heterocycles. The van der Waals surface area contributed by atoms with E-state index in [1.165, 1.54) is 0 Å². The molecule has 0 aromatic carbocycles. The highest BCUT2D eigenvalue weighted by Crippen LogP contribution is 2.49. The molecular formula is C11H22F3O2P. The zero-order chi connectivity index (χ0) is 14.4. The molecule has 0 heterocycles. The van der Waals surface area contributed by atoms with Crippen molar-refractivity contribution in [1.29, 1.82) is 0 Å². The van der Waals surface area contributed by atoms with Gasteiger partial charge in [0.1, 0.15) is 0 Å². The molecule has 0 radical (unpaired) electrons. The van der Waals surface area contributed by atoms with Crippen LogP contribution >= 0.6 is 7.92 Å². The van der Waals surface area contributed by atoms with E-state index in [-0.39, 0.29) is 7.92 Å². The van der Waals surface area contributed by atoms with Crippen LogP contribution in [0.4, 0.5) is 13.2 Å². The summed E-state index contributed by atoms with van der Waals surface area (Å²) in [6, 6.07) is 0. The Morgan fingerprint density at radius 2 is 1.12 bits per heavy atom. The Morgan fingerprint density at radius 3 is 1.12 bits per heavy atom. The van der Waals surface area contributed by atoms with Gasteiger partial charge in [0.2, 0.25) is 0 Å². The molecule has 0 saturated carbocycles. The molecule has 0 aliphatic heterocycles. The molecule has 0 saturated heterocycles. The van der Waals surface area contributed by atoms with Crippen molar-refractivity contribution in [3.05, 3.63) is 0 Å². The summed E-state index contributed by atoms with van der Waals surface area (Å²) in [6.07, 6.45) is -5.08. The molecule has 0 aliphatic rings. The summed E-state index contributed by atoms with van der Waals surface area (Å²) < 4.78 is 31.7. The molecular weight excluding hydrogens is 252 g/mol. The largest absolute Gasteiger partial charge is 0.490 e. The Hall–Kier alpha value is -0.310. The minimum atomic E-state index is -5.08. The quantitative estimate of drug-likeness (QED) is 0.778. The Morgan fingerprint density at radius 1 is 0.941 bits per heavy atom. The summed E-state index contributed by atoms with van der Waals surface area (Å²) in [4.78, 5) is 8.90. The lowest BCUT2D eigenvalue weighted by atomic mass is 10.5. The van der Waals surface area contributed by atoms with E-state index in [1.807, 2.05) is 0 Å². The van der Waals surface area contributed by atoms with Crippen LogP contribution in [-0.2, 0) is 4.79 Å². The van der Waals surface area contributed by atoms with Gasteiger partial charge in [-0.1, -0.05) is 49.5 Å². The lowest BCUT2D eigenvalue weighted by molar-refractivity contribution is -0.192. The minimum Gasteiger partial charge on any atom is -0.475 e. The van der Waals surface area contributed by atoms with Gasteiger partial charge in [0.15, 0.2) is 0 Å². The second kappa shape index (κ2) is 7.91. The second-order valence-corrected chi connectivity index (χ2v) is 8.52. The van der Waals surface area contributed by atoms with Crippen LogP contribution in [0.1, 0.15) is 41.5 Å². The highest BCUT2D eigenvalue weighted by molar-refractivity contribution is 7.59. The normalized spacial score (nSPS) is 12.1. The van der Waals surface area contributed by atoms with E-state index < -0.39 is 12.1 Å². The molecule has 0 amide bonds. The molecule has 0 rings (SSSR count). The maximum absolute atomic E-state index is 10.6. The van der Waals surface area contributed by atoms with Crippen molar-refractivity contribution in [2.75, 3.05) is 0 Å². The first kappa shape index (κ1) is 19.0. The van der Waals surface area contributed by atoms with Gasteiger partial charge in [-0.25, -0.2) is 4.79 Å². The van der Waals surface area contributed by atoms with Gasteiger partial charge in [0.25, 0.3) is 0 Å². The van der Waals surface area contributed by atoms with Gasteiger partial charge in [0, 0.05) is 0 Å². The number of carboxylic acid groups (broad SMARTS) is 1. The molecule has 0 unspecified atom stereocenters. The zero-order valence-corrected chi connectivity index (χ0v) is 12.1. The number of carboxylic acids is 1. The fourth-order valence-corrected chi connectivity index (χ4v) is 5.37. The average Bonchev–Trinajstić information content (AvgIpc) is 1.99. The van der Waals surface area contributed by atoms with Gasteiger partial charge < -0.3 is 5.11 Å². The first-order valence-corrected chi connectivity index (χ1v) is 7.03. The third-order valence-corrected chi connectivity index (χ3v) is 5.61. The van der Waals surface area contributed by atoms with Gasteiger partial charge in [-0.3, -0.25) is 0 Å². The smallest absolute Gasteiger partial charge is 0.475 e. The number of rotatable bonds is 3. The molecule has 17 heavy (non-hydrogen) atoms. The van der Waals surface area contributed by atoms with E-state index in [1.54, 1.807) is 0 Å². The molecule has 0 atom stereocenters. The molecule has 2 nitrogen and oxygen atoms in total. The summed E-state index contributed by atoms with van der Waals surface area (Å²) in [5.74, 6) is -2.76. The number of alkyl halides is 3. The Kier molecular flexibility index (Phi) is 8.86. The number of carbonyl (C=O) groups is 1. The number of aliphatic carboxylic acids is 1. The maximum Gasteiger partial charge on any atom is 0.490 e. The zero-order valence-electron chi connectivity index (χ0n) is 11.2. The van der Waals surface area contributed by atoms with Gasteiger partial charge in [0.05, 0.1) is 0 Å². The monoisotopic (exact) mass is 274 g/mol. The average molecular weight is 274 g/mol. The fourth-order valence-electron chi connectivity index (χ4n) is 1.79. The standard InChI is InChI=1S/C9H21P.C2HF3O2/c1-7(2)10(8(3)4)9(5)6;3-2(4,5)1(6)7/h7-9H,1-6H3;(H,6,7). The van der Waals surface area contributed by atoms with Crippen LogP contribution in [0.2, 0.25) is 0 Å². The lowest BCUT2D eigenvalue weighted by Crippen LogP contribution is -2.21. The molecule has 0 bridgehead atoms. The van der Waals surface area contributed by atoms with Crippen LogP contribution in [0, 0.1) is 0 Å². The molecule has 104 valence electrons. The van der Waals surface area contributed by atoms with Crippen molar-refractivity contribution in [2.45, 2.75) is 64.7 Å². The number of hydrogen-bond acceptors (Lipinski definition) is 1. The van der Waals surface area contributed by atoms with E-state index in [9.17, 15) is 13.2 Å². The minimum absolute atomic E-state index is 0.262. The van der Waals surface area contributed by atoms with Crippen LogP contribution in [0.5, 0.6) is 0 Å². The first-order chi connectivity index (χ1) is 7.41. The van der Waals surface area contributed by atoms with E-state index in [0.717, 1.165) is 17.0 Å². The molecule has 0 aliphatic carbocycles. The van der Waals surface area contributed by atoms with E-state index >= 15 is 0 Å². The molecule has 0 spiro atoms. The Bertz CT molecular complexity index is 206. The third-order valence-electron chi connectivity index (χ3n) is 2.03. The van der Waals surface area contributed by atoms with E-state index in [4.69, 9.17) is 9.90 Å². The summed E-state index contributed by atoms with van der Waals surface area (Å²) >= 11 is 0. The maximum atomic E-state index is 10.6. The van der Waals surface area contributed by atoms with Crippen molar-refractivity contribution in [2.24, 2.45) is 0 Å². The summed E-state index contributed by atoms with van der Waals surface area (Å²) in [7, 11) is 0.262. The van der Waals surface area contributed by atoms with Crippen LogP contribution in [0.3, 0.4) is 0 Å². The van der Waals surface area contributed by atoms with Gasteiger partial charge in [-0.05, 0) is 17.0 Å². The van der Waals surface area contributed by atoms with Crippen molar-refractivity contribution in [3.63, 3.8) is 0 Å². The topological polar surface area (TPSA) is 37.3 Å².